The zero-order valence-electron chi connectivity index (χ0n) is 12.6. The lowest BCUT2D eigenvalue weighted by atomic mass is 9.93. The summed E-state index contributed by atoms with van der Waals surface area (Å²) >= 11 is 0. The van der Waals surface area contributed by atoms with Crippen molar-refractivity contribution in [1.82, 2.24) is 5.43 Å². The van der Waals surface area contributed by atoms with Crippen LogP contribution in [0.2, 0.25) is 0 Å². The average Bonchev–Trinajstić information content (AvgIpc) is 2.91. The molecular formula is C17H16N2O4. The van der Waals surface area contributed by atoms with Crippen LogP contribution in [0.15, 0.2) is 39.9 Å². The maximum atomic E-state index is 12.1. The number of furan rings is 1. The minimum absolute atomic E-state index is 0.0565. The van der Waals surface area contributed by atoms with Gasteiger partial charge in [0.15, 0.2) is 0 Å². The number of aromatic carboxylic acids is 1. The zero-order valence-corrected chi connectivity index (χ0v) is 12.6. The Morgan fingerprint density at radius 1 is 1.22 bits per heavy atom. The Morgan fingerprint density at radius 3 is 2.65 bits per heavy atom. The summed E-state index contributed by atoms with van der Waals surface area (Å²) in [6.45, 7) is 1.70. The number of rotatable bonds is 3. The molecule has 6 heteroatoms. The fraction of sp³-hybridized carbons (Fsp3) is 0.235. The number of carboxylic acids is 1. The SMILES string of the molecule is Cc1c(C(=O)O)oc2c1/C(=N/NC(=O)c1ccccc1)CCC2. The molecule has 0 bridgehead atoms. The van der Waals surface area contributed by atoms with Gasteiger partial charge in [-0.25, -0.2) is 10.2 Å². The second-order valence-electron chi connectivity index (χ2n) is 5.38. The van der Waals surface area contributed by atoms with Gasteiger partial charge in [-0.1, -0.05) is 18.2 Å². The molecule has 0 unspecified atom stereocenters. The molecular weight excluding hydrogens is 296 g/mol. The van der Waals surface area contributed by atoms with Crippen molar-refractivity contribution in [3.05, 3.63) is 58.5 Å². The summed E-state index contributed by atoms with van der Waals surface area (Å²) in [5.41, 5.74) is 4.97. The van der Waals surface area contributed by atoms with Gasteiger partial charge in [0.05, 0.1) is 5.71 Å². The minimum atomic E-state index is -1.09. The van der Waals surface area contributed by atoms with Crippen molar-refractivity contribution in [3.63, 3.8) is 0 Å². The molecule has 1 aliphatic carbocycles. The predicted molar refractivity (Wildman–Crippen MR) is 83.8 cm³/mol. The van der Waals surface area contributed by atoms with E-state index in [4.69, 9.17) is 9.52 Å². The molecule has 1 aromatic carbocycles. The second kappa shape index (κ2) is 6.08. The van der Waals surface area contributed by atoms with Crippen LogP contribution in [0.1, 0.15) is 50.6 Å². The van der Waals surface area contributed by atoms with E-state index in [0.29, 0.717) is 41.0 Å². The Morgan fingerprint density at radius 2 is 1.96 bits per heavy atom. The third-order valence-corrected chi connectivity index (χ3v) is 3.85. The summed E-state index contributed by atoms with van der Waals surface area (Å²) in [4.78, 5) is 23.3. The standard InChI is InChI=1S/C17H16N2O4/c1-10-14-12(8-5-9-13(14)23-15(10)17(21)22)18-19-16(20)11-6-3-2-4-7-11/h2-4,6-7H,5,8-9H2,1H3,(H,19,20)(H,21,22)/b18-12+. The van der Waals surface area contributed by atoms with Crippen LogP contribution in [-0.4, -0.2) is 22.7 Å². The number of hydrazone groups is 1. The fourth-order valence-electron chi connectivity index (χ4n) is 2.76. The quantitative estimate of drug-likeness (QED) is 0.852. The number of carboxylic acid groups (broad SMARTS) is 1. The van der Waals surface area contributed by atoms with Crippen molar-refractivity contribution >= 4 is 17.6 Å². The average molecular weight is 312 g/mol. The van der Waals surface area contributed by atoms with Gasteiger partial charge in [0.25, 0.3) is 5.91 Å². The second-order valence-corrected chi connectivity index (χ2v) is 5.38. The number of hydrogen-bond donors (Lipinski definition) is 2. The summed E-state index contributed by atoms with van der Waals surface area (Å²) < 4.78 is 5.43. The molecule has 0 aliphatic heterocycles. The third-order valence-electron chi connectivity index (χ3n) is 3.85. The number of nitrogens with one attached hydrogen (secondary N) is 1. The molecule has 0 atom stereocenters. The highest BCUT2D eigenvalue weighted by molar-refractivity contribution is 6.06. The highest BCUT2D eigenvalue weighted by atomic mass is 16.4. The van der Waals surface area contributed by atoms with Gasteiger partial charge in [-0.2, -0.15) is 5.10 Å². The van der Waals surface area contributed by atoms with Crippen LogP contribution in [0.25, 0.3) is 0 Å². The molecule has 118 valence electrons. The molecule has 1 aliphatic rings. The smallest absolute Gasteiger partial charge is 0.372 e. The van der Waals surface area contributed by atoms with Crippen LogP contribution in [0.5, 0.6) is 0 Å². The number of nitrogens with zero attached hydrogens (tertiary/aromatic N) is 1. The van der Waals surface area contributed by atoms with Crippen LogP contribution in [-0.2, 0) is 6.42 Å². The van der Waals surface area contributed by atoms with Crippen molar-refractivity contribution in [1.29, 1.82) is 0 Å². The Labute approximate surface area is 132 Å². The zero-order chi connectivity index (χ0) is 16.4. The number of amides is 1. The van der Waals surface area contributed by atoms with Crippen molar-refractivity contribution in [2.24, 2.45) is 5.10 Å². The molecule has 1 amide bonds. The van der Waals surface area contributed by atoms with Crippen LogP contribution >= 0.6 is 0 Å². The Kier molecular flexibility index (Phi) is 3.97. The van der Waals surface area contributed by atoms with Crippen LogP contribution in [0.3, 0.4) is 0 Å². The van der Waals surface area contributed by atoms with E-state index in [1.165, 1.54) is 0 Å². The normalized spacial score (nSPS) is 15.3. The van der Waals surface area contributed by atoms with E-state index in [0.717, 1.165) is 6.42 Å². The molecule has 1 heterocycles. The Bertz CT molecular complexity index is 790. The summed E-state index contributed by atoms with van der Waals surface area (Å²) in [5, 5.41) is 13.4. The largest absolute Gasteiger partial charge is 0.475 e. The number of fused-ring (bicyclic) bond motifs is 1. The van der Waals surface area contributed by atoms with Gasteiger partial charge in [0, 0.05) is 23.1 Å². The molecule has 0 spiro atoms. The lowest BCUT2D eigenvalue weighted by molar-refractivity contribution is 0.0659. The number of aryl methyl sites for hydroxylation is 1. The lowest BCUT2D eigenvalue weighted by Crippen LogP contribution is -2.22. The van der Waals surface area contributed by atoms with Gasteiger partial charge in [0.1, 0.15) is 5.76 Å². The molecule has 0 radical (unpaired) electrons. The van der Waals surface area contributed by atoms with Gasteiger partial charge < -0.3 is 9.52 Å². The molecule has 6 nitrogen and oxygen atoms in total. The third kappa shape index (κ3) is 2.88. The van der Waals surface area contributed by atoms with Crippen molar-refractivity contribution in [2.75, 3.05) is 0 Å². The molecule has 2 N–H and O–H groups in total. The lowest BCUT2D eigenvalue weighted by Gasteiger charge is -2.13. The topological polar surface area (TPSA) is 91.9 Å². The van der Waals surface area contributed by atoms with E-state index >= 15 is 0 Å². The Hall–Kier alpha value is -2.89. The summed E-state index contributed by atoms with van der Waals surface area (Å²) in [6.07, 6.45) is 2.15. The van der Waals surface area contributed by atoms with E-state index in [1.54, 1.807) is 31.2 Å². The number of carbonyl (C=O) groups is 2. The molecule has 0 fully saturated rings. The molecule has 0 saturated carbocycles. The van der Waals surface area contributed by atoms with Gasteiger partial charge in [-0.3, -0.25) is 4.79 Å². The summed E-state index contributed by atoms with van der Waals surface area (Å²) in [7, 11) is 0. The number of benzene rings is 1. The fourth-order valence-corrected chi connectivity index (χ4v) is 2.76. The maximum absolute atomic E-state index is 12.1. The highest BCUT2D eigenvalue weighted by Crippen LogP contribution is 2.29. The van der Waals surface area contributed by atoms with Gasteiger partial charge in [0.2, 0.25) is 5.76 Å². The van der Waals surface area contributed by atoms with Crippen molar-refractivity contribution < 1.29 is 19.1 Å². The maximum Gasteiger partial charge on any atom is 0.372 e. The van der Waals surface area contributed by atoms with E-state index in [9.17, 15) is 9.59 Å². The first kappa shape index (κ1) is 15.0. The van der Waals surface area contributed by atoms with Gasteiger partial charge >= 0.3 is 5.97 Å². The van der Waals surface area contributed by atoms with Gasteiger partial charge in [-0.15, -0.1) is 0 Å². The van der Waals surface area contributed by atoms with E-state index in [1.807, 2.05) is 6.07 Å². The summed E-state index contributed by atoms with van der Waals surface area (Å²) in [6, 6.07) is 8.79. The highest BCUT2D eigenvalue weighted by Gasteiger charge is 2.27. The van der Waals surface area contributed by atoms with Crippen LogP contribution < -0.4 is 5.43 Å². The molecule has 3 rings (SSSR count). The molecule has 2 aromatic rings. The number of carbonyl (C=O) groups excluding carboxylic acids is 1. The van der Waals surface area contributed by atoms with Crippen LogP contribution in [0, 0.1) is 6.92 Å². The van der Waals surface area contributed by atoms with Crippen LogP contribution in [0.4, 0.5) is 0 Å². The predicted octanol–water partition coefficient (Wildman–Crippen LogP) is 2.76. The van der Waals surface area contributed by atoms with Crippen molar-refractivity contribution in [2.45, 2.75) is 26.2 Å². The molecule has 1 aromatic heterocycles. The first-order valence-corrected chi connectivity index (χ1v) is 7.36. The molecule has 0 saturated heterocycles. The van der Waals surface area contributed by atoms with E-state index in [2.05, 4.69) is 10.5 Å². The first-order chi connectivity index (χ1) is 11.1. The monoisotopic (exact) mass is 312 g/mol. The Balaban J connectivity index is 1.88. The van der Waals surface area contributed by atoms with E-state index in [-0.39, 0.29) is 11.7 Å². The van der Waals surface area contributed by atoms with Crippen molar-refractivity contribution in [3.8, 4) is 0 Å². The molecule has 23 heavy (non-hydrogen) atoms. The summed E-state index contributed by atoms with van der Waals surface area (Å²) in [5.74, 6) is -0.827. The minimum Gasteiger partial charge on any atom is -0.475 e. The first-order valence-electron chi connectivity index (χ1n) is 7.36. The number of hydrogen-bond acceptors (Lipinski definition) is 4. The van der Waals surface area contributed by atoms with E-state index < -0.39 is 5.97 Å². The van der Waals surface area contributed by atoms with Gasteiger partial charge in [-0.05, 0) is 31.9 Å².